The normalized spacial score (nSPS) is 21.8. The molecule has 2 aromatic carbocycles. The van der Waals surface area contributed by atoms with Gasteiger partial charge in [0.05, 0.1) is 22.9 Å². The SMILES string of the molecule is COc1cccc2c1CCC1CNC(CCn3c(=O)[nH]c4ccc([N+](=O)[O-])cc4c3=O)C21. The summed E-state index contributed by atoms with van der Waals surface area (Å²) >= 11 is 0. The fraction of sp³-hybridized carbons (Fsp3) is 0.391. The van der Waals surface area contributed by atoms with Crippen LogP contribution in [-0.2, 0) is 13.0 Å². The van der Waals surface area contributed by atoms with E-state index in [9.17, 15) is 19.7 Å². The summed E-state index contributed by atoms with van der Waals surface area (Å²) < 4.78 is 6.71. The molecule has 0 saturated carbocycles. The van der Waals surface area contributed by atoms with E-state index in [1.165, 1.54) is 29.3 Å². The molecule has 9 heteroatoms. The van der Waals surface area contributed by atoms with Gasteiger partial charge in [0.2, 0.25) is 0 Å². The van der Waals surface area contributed by atoms with Crippen LogP contribution in [0.15, 0.2) is 46.0 Å². The van der Waals surface area contributed by atoms with Crippen molar-refractivity contribution >= 4 is 16.6 Å². The molecule has 0 spiro atoms. The summed E-state index contributed by atoms with van der Waals surface area (Å²) in [6.07, 6.45) is 2.65. The Kier molecular flexibility index (Phi) is 5.05. The average Bonchev–Trinajstić information content (AvgIpc) is 3.21. The molecule has 1 aliphatic carbocycles. The number of aromatic amines is 1. The number of hydrogen-bond acceptors (Lipinski definition) is 6. The van der Waals surface area contributed by atoms with Gasteiger partial charge in [0, 0.05) is 30.6 Å². The Hall–Kier alpha value is -3.46. The zero-order valence-electron chi connectivity index (χ0n) is 17.7. The second-order valence-corrected chi connectivity index (χ2v) is 8.53. The number of rotatable bonds is 5. The Bertz CT molecular complexity index is 1330. The molecule has 1 fully saturated rings. The van der Waals surface area contributed by atoms with Gasteiger partial charge in [0.25, 0.3) is 11.2 Å². The maximum absolute atomic E-state index is 13.0. The zero-order chi connectivity index (χ0) is 22.4. The molecule has 2 N–H and O–H groups in total. The molecule has 1 aliphatic heterocycles. The van der Waals surface area contributed by atoms with Crippen molar-refractivity contribution in [2.75, 3.05) is 13.7 Å². The number of methoxy groups -OCH3 is 1. The number of fused-ring (bicyclic) bond motifs is 4. The van der Waals surface area contributed by atoms with Crippen LogP contribution in [0, 0.1) is 16.0 Å². The minimum atomic E-state index is -0.550. The predicted octanol–water partition coefficient (Wildman–Crippen LogP) is 2.31. The number of H-pyrrole nitrogens is 1. The van der Waals surface area contributed by atoms with Crippen LogP contribution in [0.1, 0.15) is 29.9 Å². The summed E-state index contributed by atoms with van der Waals surface area (Å²) in [5.41, 5.74) is 1.64. The number of ether oxygens (including phenoxy) is 1. The molecule has 3 atom stereocenters. The van der Waals surface area contributed by atoms with Gasteiger partial charge in [-0.3, -0.25) is 19.5 Å². The number of nitrogens with one attached hydrogen (secondary N) is 2. The predicted molar refractivity (Wildman–Crippen MR) is 119 cm³/mol. The number of aromatic nitrogens is 2. The quantitative estimate of drug-likeness (QED) is 0.468. The van der Waals surface area contributed by atoms with E-state index in [0.29, 0.717) is 23.8 Å². The average molecular weight is 436 g/mol. The van der Waals surface area contributed by atoms with Gasteiger partial charge >= 0.3 is 5.69 Å². The summed E-state index contributed by atoms with van der Waals surface area (Å²) in [5, 5.41) is 14.8. The topological polar surface area (TPSA) is 119 Å². The van der Waals surface area contributed by atoms with Crippen molar-refractivity contribution in [3.05, 3.63) is 78.5 Å². The first-order valence-electron chi connectivity index (χ1n) is 10.8. The lowest BCUT2D eigenvalue weighted by Gasteiger charge is -2.32. The van der Waals surface area contributed by atoms with Crippen LogP contribution < -0.4 is 21.3 Å². The summed E-state index contributed by atoms with van der Waals surface area (Å²) in [4.78, 5) is 38.8. The highest BCUT2D eigenvalue weighted by molar-refractivity contribution is 5.79. The van der Waals surface area contributed by atoms with Crippen LogP contribution in [-0.4, -0.2) is 34.2 Å². The lowest BCUT2D eigenvalue weighted by molar-refractivity contribution is -0.384. The molecule has 1 saturated heterocycles. The number of nitro groups is 1. The molecule has 166 valence electrons. The molecule has 1 aromatic heterocycles. The first-order chi connectivity index (χ1) is 15.5. The first-order valence-corrected chi connectivity index (χ1v) is 10.8. The highest BCUT2D eigenvalue weighted by Gasteiger charge is 2.40. The van der Waals surface area contributed by atoms with Gasteiger partial charge in [0.1, 0.15) is 5.75 Å². The van der Waals surface area contributed by atoms with E-state index in [-0.39, 0.29) is 23.7 Å². The van der Waals surface area contributed by atoms with Crippen molar-refractivity contribution in [2.24, 2.45) is 5.92 Å². The molecular formula is C23H24N4O5. The van der Waals surface area contributed by atoms with Gasteiger partial charge in [-0.25, -0.2) is 4.79 Å². The Labute approximate surface area is 183 Å². The van der Waals surface area contributed by atoms with E-state index < -0.39 is 16.2 Å². The van der Waals surface area contributed by atoms with E-state index in [4.69, 9.17) is 4.74 Å². The Morgan fingerprint density at radius 2 is 2.09 bits per heavy atom. The van der Waals surface area contributed by atoms with Gasteiger partial charge in [-0.05, 0) is 55.0 Å². The lowest BCUT2D eigenvalue weighted by atomic mass is 9.73. The van der Waals surface area contributed by atoms with Crippen LogP contribution in [0.3, 0.4) is 0 Å². The molecule has 0 amide bonds. The van der Waals surface area contributed by atoms with Crippen LogP contribution in [0.4, 0.5) is 5.69 Å². The van der Waals surface area contributed by atoms with E-state index in [0.717, 1.165) is 29.7 Å². The molecule has 5 rings (SSSR count). The first kappa shape index (κ1) is 20.4. The summed E-state index contributed by atoms with van der Waals surface area (Å²) in [5.74, 6) is 1.72. The maximum Gasteiger partial charge on any atom is 0.328 e. The molecule has 2 heterocycles. The molecule has 0 radical (unpaired) electrons. The Morgan fingerprint density at radius 3 is 2.88 bits per heavy atom. The number of benzene rings is 2. The van der Waals surface area contributed by atoms with E-state index in [2.05, 4.69) is 16.4 Å². The van der Waals surface area contributed by atoms with Gasteiger partial charge in [-0.15, -0.1) is 0 Å². The van der Waals surface area contributed by atoms with Crippen LogP contribution >= 0.6 is 0 Å². The van der Waals surface area contributed by atoms with Gasteiger partial charge in [0.15, 0.2) is 0 Å². The lowest BCUT2D eigenvalue weighted by Crippen LogP contribution is -2.38. The fourth-order valence-electron chi connectivity index (χ4n) is 5.43. The molecular weight excluding hydrogens is 412 g/mol. The zero-order valence-corrected chi connectivity index (χ0v) is 17.7. The van der Waals surface area contributed by atoms with Gasteiger partial charge in [-0.1, -0.05) is 12.1 Å². The third kappa shape index (κ3) is 3.29. The van der Waals surface area contributed by atoms with Crippen molar-refractivity contribution in [3.8, 4) is 5.75 Å². The molecule has 32 heavy (non-hydrogen) atoms. The Morgan fingerprint density at radius 1 is 1.25 bits per heavy atom. The third-order valence-corrected chi connectivity index (χ3v) is 6.94. The molecule has 3 aromatic rings. The van der Waals surface area contributed by atoms with E-state index >= 15 is 0 Å². The minimum absolute atomic E-state index is 0.123. The van der Waals surface area contributed by atoms with Crippen LogP contribution in [0.5, 0.6) is 5.75 Å². The molecule has 3 unspecified atom stereocenters. The molecule has 9 nitrogen and oxygen atoms in total. The fourth-order valence-corrected chi connectivity index (χ4v) is 5.43. The van der Waals surface area contributed by atoms with Crippen LogP contribution in [0.2, 0.25) is 0 Å². The monoisotopic (exact) mass is 436 g/mol. The summed E-state index contributed by atoms with van der Waals surface area (Å²) in [7, 11) is 1.69. The summed E-state index contributed by atoms with van der Waals surface area (Å²) in [6, 6.07) is 10.2. The highest BCUT2D eigenvalue weighted by atomic mass is 16.6. The largest absolute Gasteiger partial charge is 0.496 e. The van der Waals surface area contributed by atoms with Crippen molar-refractivity contribution in [1.29, 1.82) is 0 Å². The van der Waals surface area contributed by atoms with E-state index in [1.54, 1.807) is 7.11 Å². The Balaban J connectivity index is 1.45. The standard InChI is InChI=1S/C23H24N4O5/c1-32-20-4-2-3-16-15(20)7-5-13-12-24-19(21(13)16)9-10-26-22(28)17-11-14(27(30)31)6-8-18(17)25-23(26)29/h2-4,6,8,11,13,19,21,24H,5,7,9-10,12H2,1H3,(H,25,29). The maximum atomic E-state index is 13.0. The molecule has 0 bridgehead atoms. The number of nitro benzene ring substituents is 1. The van der Waals surface area contributed by atoms with Gasteiger partial charge in [-0.2, -0.15) is 0 Å². The third-order valence-electron chi connectivity index (χ3n) is 6.94. The number of nitrogens with zero attached hydrogens (tertiary/aromatic N) is 2. The van der Waals surface area contributed by atoms with Crippen molar-refractivity contribution < 1.29 is 9.66 Å². The summed E-state index contributed by atoms with van der Waals surface area (Å²) in [6.45, 7) is 1.13. The number of hydrogen-bond donors (Lipinski definition) is 2. The second kappa shape index (κ2) is 7.90. The van der Waals surface area contributed by atoms with Crippen LogP contribution in [0.25, 0.3) is 10.9 Å². The van der Waals surface area contributed by atoms with Gasteiger partial charge < -0.3 is 15.0 Å². The number of non-ortho nitro benzene ring substituents is 1. The smallest absolute Gasteiger partial charge is 0.328 e. The van der Waals surface area contributed by atoms with Crippen molar-refractivity contribution in [1.82, 2.24) is 14.9 Å². The van der Waals surface area contributed by atoms with Crippen molar-refractivity contribution in [3.63, 3.8) is 0 Å². The second-order valence-electron chi connectivity index (χ2n) is 8.53. The minimum Gasteiger partial charge on any atom is -0.496 e. The highest BCUT2D eigenvalue weighted by Crippen LogP contribution is 2.45. The van der Waals surface area contributed by atoms with Crippen molar-refractivity contribution in [2.45, 2.75) is 37.8 Å². The molecule has 2 aliphatic rings. The van der Waals surface area contributed by atoms with E-state index in [1.807, 2.05) is 12.1 Å².